The molecule has 0 amide bonds. The minimum Gasteiger partial charge on any atom is -0.497 e. The Balaban J connectivity index is 1.59. The van der Waals surface area contributed by atoms with Crippen LogP contribution in [0, 0.1) is 0 Å². The van der Waals surface area contributed by atoms with E-state index in [9.17, 15) is 4.79 Å². The summed E-state index contributed by atoms with van der Waals surface area (Å²) in [7, 11) is 1.68. The molecule has 3 rings (SSSR count). The Kier molecular flexibility index (Phi) is 4.06. The van der Waals surface area contributed by atoms with Gasteiger partial charge in [-0.25, -0.2) is 0 Å². The van der Waals surface area contributed by atoms with Crippen LogP contribution in [0.2, 0.25) is 0 Å². The summed E-state index contributed by atoms with van der Waals surface area (Å²) in [6.45, 7) is 0.855. The maximum atomic E-state index is 11.3. The summed E-state index contributed by atoms with van der Waals surface area (Å²) in [6.07, 6.45) is 2.97. The first-order chi connectivity index (χ1) is 10.2. The van der Waals surface area contributed by atoms with E-state index in [0.717, 1.165) is 37.3 Å². The van der Waals surface area contributed by atoms with Crippen molar-refractivity contribution in [1.82, 2.24) is 10.3 Å². The number of ether oxygens (including phenoxy) is 1. The molecule has 1 aromatic heterocycles. The van der Waals surface area contributed by atoms with Crippen molar-refractivity contribution < 1.29 is 4.74 Å². The fraction of sp³-hybridized carbons (Fsp3) is 0.353. The van der Waals surface area contributed by atoms with Crippen LogP contribution >= 0.6 is 0 Å². The van der Waals surface area contributed by atoms with E-state index in [4.69, 9.17) is 4.74 Å². The molecule has 4 nitrogen and oxygen atoms in total. The molecule has 1 aliphatic carbocycles. The van der Waals surface area contributed by atoms with E-state index >= 15 is 0 Å². The third-order valence-electron chi connectivity index (χ3n) is 4.06. The molecule has 0 saturated carbocycles. The van der Waals surface area contributed by atoms with Crippen LogP contribution in [-0.4, -0.2) is 18.1 Å². The molecule has 21 heavy (non-hydrogen) atoms. The fourth-order valence-electron chi connectivity index (χ4n) is 2.83. The van der Waals surface area contributed by atoms with Crippen LogP contribution in [0.4, 0.5) is 0 Å². The SMILES string of the molecule is COc1ccc(CN[C@H]2CCc3[nH]c(=O)ccc3C2)cc1. The monoisotopic (exact) mass is 284 g/mol. The second-order valence-electron chi connectivity index (χ2n) is 5.50. The molecule has 4 heteroatoms. The Bertz CT molecular complexity index is 661. The van der Waals surface area contributed by atoms with E-state index in [-0.39, 0.29) is 5.56 Å². The van der Waals surface area contributed by atoms with Crippen LogP contribution in [0.1, 0.15) is 23.2 Å². The van der Waals surface area contributed by atoms with Gasteiger partial charge in [-0.2, -0.15) is 0 Å². The Hall–Kier alpha value is -2.07. The van der Waals surface area contributed by atoms with Gasteiger partial charge >= 0.3 is 0 Å². The number of pyridine rings is 1. The van der Waals surface area contributed by atoms with Crippen LogP contribution < -0.4 is 15.6 Å². The number of aromatic amines is 1. The first-order valence-electron chi connectivity index (χ1n) is 7.32. The minimum atomic E-state index is -0.00149. The van der Waals surface area contributed by atoms with Crippen molar-refractivity contribution in [3.05, 3.63) is 63.6 Å². The van der Waals surface area contributed by atoms with E-state index < -0.39 is 0 Å². The molecule has 0 radical (unpaired) electrons. The minimum absolute atomic E-state index is 0.00149. The molecule has 0 fully saturated rings. The molecule has 2 aromatic rings. The Morgan fingerprint density at radius 3 is 2.81 bits per heavy atom. The lowest BCUT2D eigenvalue weighted by Gasteiger charge is -2.25. The molecule has 1 aromatic carbocycles. The molecule has 110 valence electrons. The van der Waals surface area contributed by atoms with Crippen LogP contribution in [0.15, 0.2) is 41.2 Å². The number of aromatic nitrogens is 1. The van der Waals surface area contributed by atoms with E-state index in [2.05, 4.69) is 22.4 Å². The Morgan fingerprint density at radius 2 is 2.05 bits per heavy atom. The summed E-state index contributed by atoms with van der Waals surface area (Å²) < 4.78 is 5.16. The number of hydrogen-bond donors (Lipinski definition) is 2. The summed E-state index contributed by atoms with van der Waals surface area (Å²) in [6, 6.07) is 12.2. The molecule has 1 aliphatic rings. The van der Waals surface area contributed by atoms with Gasteiger partial charge in [-0.3, -0.25) is 4.79 Å². The van der Waals surface area contributed by atoms with E-state index in [0.29, 0.717) is 6.04 Å². The van der Waals surface area contributed by atoms with E-state index in [1.807, 2.05) is 18.2 Å². The van der Waals surface area contributed by atoms with Crippen molar-refractivity contribution in [2.75, 3.05) is 7.11 Å². The van der Waals surface area contributed by atoms with Crippen molar-refractivity contribution in [2.24, 2.45) is 0 Å². The highest BCUT2D eigenvalue weighted by Crippen LogP contribution is 2.19. The topological polar surface area (TPSA) is 54.1 Å². The molecule has 0 spiro atoms. The van der Waals surface area contributed by atoms with E-state index in [1.165, 1.54) is 11.1 Å². The highest BCUT2D eigenvalue weighted by atomic mass is 16.5. The quantitative estimate of drug-likeness (QED) is 0.903. The van der Waals surface area contributed by atoms with Crippen molar-refractivity contribution in [1.29, 1.82) is 0 Å². The largest absolute Gasteiger partial charge is 0.497 e. The lowest BCUT2D eigenvalue weighted by molar-refractivity contribution is 0.414. The number of H-pyrrole nitrogens is 1. The zero-order chi connectivity index (χ0) is 14.7. The van der Waals surface area contributed by atoms with Crippen LogP contribution in [-0.2, 0) is 19.4 Å². The van der Waals surface area contributed by atoms with Gasteiger partial charge in [-0.1, -0.05) is 18.2 Å². The average Bonchev–Trinajstić information content (AvgIpc) is 2.53. The lowest BCUT2D eigenvalue weighted by Crippen LogP contribution is -2.35. The van der Waals surface area contributed by atoms with Gasteiger partial charge in [-0.05, 0) is 42.5 Å². The van der Waals surface area contributed by atoms with E-state index in [1.54, 1.807) is 13.2 Å². The third-order valence-corrected chi connectivity index (χ3v) is 4.06. The molecule has 0 unspecified atom stereocenters. The Morgan fingerprint density at radius 1 is 1.24 bits per heavy atom. The first-order valence-corrected chi connectivity index (χ1v) is 7.32. The maximum Gasteiger partial charge on any atom is 0.248 e. The number of nitrogens with one attached hydrogen (secondary N) is 2. The zero-order valence-corrected chi connectivity index (χ0v) is 12.2. The van der Waals surface area contributed by atoms with Gasteiger partial charge in [0.1, 0.15) is 5.75 Å². The third kappa shape index (κ3) is 3.34. The molecule has 0 aliphatic heterocycles. The number of benzene rings is 1. The highest BCUT2D eigenvalue weighted by Gasteiger charge is 2.18. The van der Waals surface area contributed by atoms with Gasteiger partial charge in [0.2, 0.25) is 5.56 Å². The molecular weight excluding hydrogens is 264 g/mol. The van der Waals surface area contributed by atoms with Crippen molar-refractivity contribution >= 4 is 0 Å². The van der Waals surface area contributed by atoms with Crippen LogP contribution in [0.5, 0.6) is 5.75 Å². The molecule has 1 atom stereocenters. The number of fused-ring (bicyclic) bond motifs is 1. The van der Waals surface area contributed by atoms with Crippen LogP contribution in [0.25, 0.3) is 0 Å². The van der Waals surface area contributed by atoms with Gasteiger partial charge in [0.05, 0.1) is 7.11 Å². The number of methoxy groups -OCH3 is 1. The molecular formula is C17H20N2O2. The van der Waals surface area contributed by atoms with Gasteiger partial charge in [0.25, 0.3) is 0 Å². The van der Waals surface area contributed by atoms with Gasteiger partial charge in [0.15, 0.2) is 0 Å². The second kappa shape index (κ2) is 6.14. The fourth-order valence-corrected chi connectivity index (χ4v) is 2.83. The van der Waals surface area contributed by atoms with Gasteiger partial charge in [-0.15, -0.1) is 0 Å². The predicted octanol–water partition coefficient (Wildman–Crippen LogP) is 2.03. The molecule has 1 heterocycles. The number of rotatable bonds is 4. The van der Waals surface area contributed by atoms with Gasteiger partial charge in [0, 0.05) is 24.3 Å². The molecule has 0 bridgehead atoms. The molecule has 2 N–H and O–H groups in total. The van der Waals surface area contributed by atoms with Crippen molar-refractivity contribution in [3.63, 3.8) is 0 Å². The van der Waals surface area contributed by atoms with Gasteiger partial charge < -0.3 is 15.0 Å². The maximum absolute atomic E-state index is 11.3. The number of aryl methyl sites for hydroxylation is 1. The first kappa shape index (κ1) is 13.9. The summed E-state index contributed by atoms with van der Waals surface area (Å²) in [5.41, 5.74) is 3.61. The summed E-state index contributed by atoms with van der Waals surface area (Å²) in [5.74, 6) is 0.884. The lowest BCUT2D eigenvalue weighted by atomic mass is 9.92. The van der Waals surface area contributed by atoms with Crippen LogP contribution in [0.3, 0.4) is 0 Å². The highest BCUT2D eigenvalue weighted by molar-refractivity contribution is 5.27. The zero-order valence-electron chi connectivity index (χ0n) is 12.2. The average molecular weight is 284 g/mol. The van der Waals surface area contributed by atoms with Crippen molar-refractivity contribution in [2.45, 2.75) is 31.8 Å². The summed E-state index contributed by atoms with van der Waals surface area (Å²) in [4.78, 5) is 14.2. The standard InChI is InChI=1S/C17H20N2O2/c1-21-15-6-2-12(3-7-15)11-18-14-5-8-16-13(10-14)4-9-17(20)19-16/h2-4,6-7,9,14,18H,5,8,10-11H2,1H3,(H,19,20)/t14-/m0/s1. The predicted molar refractivity (Wildman–Crippen MR) is 82.7 cm³/mol. The smallest absolute Gasteiger partial charge is 0.248 e. The Labute approximate surface area is 124 Å². The van der Waals surface area contributed by atoms with Crippen molar-refractivity contribution in [3.8, 4) is 5.75 Å². The summed E-state index contributed by atoms with van der Waals surface area (Å²) in [5, 5.41) is 3.60. The molecule has 0 saturated heterocycles. The second-order valence-corrected chi connectivity index (χ2v) is 5.50. The summed E-state index contributed by atoms with van der Waals surface area (Å²) >= 11 is 0. The normalized spacial score (nSPS) is 17.3. The number of hydrogen-bond acceptors (Lipinski definition) is 3.